The van der Waals surface area contributed by atoms with Crippen LogP contribution >= 0.6 is 12.4 Å². The van der Waals surface area contributed by atoms with Gasteiger partial charge in [-0.2, -0.15) is 0 Å². The lowest BCUT2D eigenvalue weighted by Gasteiger charge is -2.40. The largest absolute Gasteiger partial charge is 0.367 e. The van der Waals surface area contributed by atoms with Crippen LogP contribution in [0.4, 0.5) is 4.39 Å². The molecular formula is C17H24ClFN2O2. The number of amides is 1. The third-order valence-corrected chi connectivity index (χ3v) is 4.71. The van der Waals surface area contributed by atoms with Gasteiger partial charge in [0.1, 0.15) is 11.9 Å². The van der Waals surface area contributed by atoms with Crippen molar-refractivity contribution in [3.05, 3.63) is 35.6 Å². The third-order valence-electron chi connectivity index (χ3n) is 4.71. The molecule has 1 saturated heterocycles. The molecule has 1 aliphatic carbocycles. The summed E-state index contributed by atoms with van der Waals surface area (Å²) in [6.45, 7) is 3.00. The molecule has 1 aromatic rings. The van der Waals surface area contributed by atoms with Gasteiger partial charge in [-0.25, -0.2) is 4.39 Å². The van der Waals surface area contributed by atoms with E-state index in [-0.39, 0.29) is 36.3 Å². The van der Waals surface area contributed by atoms with Crippen molar-refractivity contribution in [1.29, 1.82) is 0 Å². The predicted octanol–water partition coefficient (Wildman–Crippen LogP) is 2.81. The average Bonchev–Trinajstić information content (AvgIpc) is 2.94. The third kappa shape index (κ3) is 3.84. The summed E-state index contributed by atoms with van der Waals surface area (Å²) in [5.41, 5.74) is 6.49. The molecule has 6 heteroatoms. The topological polar surface area (TPSA) is 55.6 Å². The van der Waals surface area contributed by atoms with Crippen molar-refractivity contribution in [3.8, 4) is 0 Å². The van der Waals surface area contributed by atoms with Gasteiger partial charge < -0.3 is 15.4 Å². The van der Waals surface area contributed by atoms with Crippen molar-refractivity contribution in [2.75, 3.05) is 13.1 Å². The van der Waals surface area contributed by atoms with Crippen LogP contribution in [-0.2, 0) is 9.53 Å². The van der Waals surface area contributed by atoms with Crippen LogP contribution in [-0.4, -0.2) is 35.5 Å². The molecule has 128 valence electrons. The van der Waals surface area contributed by atoms with E-state index in [4.69, 9.17) is 10.5 Å². The highest BCUT2D eigenvalue weighted by Crippen LogP contribution is 2.32. The normalized spacial score (nSPS) is 26.7. The Bertz CT molecular complexity index is 546. The Hall–Kier alpha value is -1.17. The summed E-state index contributed by atoms with van der Waals surface area (Å²) in [4.78, 5) is 14.6. The van der Waals surface area contributed by atoms with E-state index in [1.54, 1.807) is 12.1 Å². The highest BCUT2D eigenvalue weighted by Gasteiger charge is 2.42. The van der Waals surface area contributed by atoms with Crippen LogP contribution in [0.2, 0.25) is 0 Å². The molecule has 1 saturated carbocycles. The number of hydrogen-bond donors (Lipinski definition) is 1. The maximum absolute atomic E-state index is 13.1. The molecule has 2 fully saturated rings. The van der Waals surface area contributed by atoms with E-state index in [0.717, 1.165) is 31.2 Å². The molecule has 3 rings (SSSR count). The lowest BCUT2D eigenvalue weighted by Crippen LogP contribution is -2.57. The first kappa shape index (κ1) is 18.2. The quantitative estimate of drug-likeness (QED) is 0.899. The zero-order valence-electron chi connectivity index (χ0n) is 13.3. The van der Waals surface area contributed by atoms with Crippen molar-refractivity contribution >= 4 is 18.3 Å². The number of rotatable bonds is 2. The van der Waals surface area contributed by atoms with Gasteiger partial charge in [0.25, 0.3) is 0 Å². The van der Waals surface area contributed by atoms with Gasteiger partial charge in [-0.1, -0.05) is 25.0 Å². The molecule has 0 spiro atoms. The molecule has 2 N–H and O–H groups in total. The molecule has 1 aromatic carbocycles. The van der Waals surface area contributed by atoms with E-state index in [0.29, 0.717) is 13.1 Å². The summed E-state index contributed by atoms with van der Waals surface area (Å²) < 4.78 is 19.0. The number of morpholine rings is 1. The maximum Gasteiger partial charge on any atom is 0.242 e. The fraction of sp³-hybridized carbons (Fsp3) is 0.588. The first-order chi connectivity index (χ1) is 10.5. The summed E-state index contributed by atoms with van der Waals surface area (Å²) in [6, 6.07) is 6.28. The highest BCUT2D eigenvalue weighted by molar-refractivity contribution is 5.86. The smallest absolute Gasteiger partial charge is 0.242 e. The monoisotopic (exact) mass is 342 g/mol. The molecule has 4 nitrogen and oxygen atoms in total. The maximum atomic E-state index is 13.1. The van der Waals surface area contributed by atoms with Crippen LogP contribution in [0, 0.1) is 5.82 Å². The number of ether oxygens (including phenoxy) is 1. The van der Waals surface area contributed by atoms with Crippen LogP contribution in [0.1, 0.15) is 44.3 Å². The number of hydrogen-bond acceptors (Lipinski definition) is 3. The number of carbonyl (C=O) groups excluding carboxylic acids is 1. The van der Waals surface area contributed by atoms with E-state index in [1.807, 2.05) is 11.8 Å². The molecule has 1 amide bonds. The standard InChI is InChI=1S/C17H23FN2O2.ClH/c1-12-10-20(16(21)17(19)8-2-3-9-17)11-15(22-12)13-4-6-14(18)7-5-13;/h4-7,12,15H,2-3,8-11,19H2,1H3;1H. The van der Waals surface area contributed by atoms with E-state index >= 15 is 0 Å². The molecule has 2 aliphatic rings. The van der Waals surface area contributed by atoms with Crippen molar-refractivity contribution in [2.24, 2.45) is 5.73 Å². The van der Waals surface area contributed by atoms with Gasteiger partial charge >= 0.3 is 0 Å². The Labute approximate surface area is 142 Å². The molecule has 0 radical (unpaired) electrons. The van der Waals surface area contributed by atoms with Crippen LogP contribution in [0.3, 0.4) is 0 Å². The SMILES string of the molecule is CC1CN(C(=O)C2(N)CCCC2)CC(c2ccc(F)cc2)O1.Cl. The Morgan fingerprint density at radius 3 is 2.48 bits per heavy atom. The van der Waals surface area contributed by atoms with Crippen LogP contribution < -0.4 is 5.73 Å². The number of nitrogens with two attached hydrogens (primary N) is 1. The van der Waals surface area contributed by atoms with Crippen LogP contribution in [0.25, 0.3) is 0 Å². The molecule has 2 atom stereocenters. The Morgan fingerprint density at radius 1 is 1.26 bits per heavy atom. The van der Waals surface area contributed by atoms with E-state index in [1.165, 1.54) is 12.1 Å². The van der Waals surface area contributed by atoms with Crippen molar-refractivity contribution < 1.29 is 13.9 Å². The van der Waals surface area contributed by atoms with Gasteiger partial charge in [0.2, 0.25) is 5.91 Å². The summed E-state index contributed by atoms with van der Waals surface area (Å²) in [5.74, 6) is -0.236. The number of halogens is 2. The van der Waals surface area contributed by atoms with E-state index in [2.05, 4.69) is 0 Å². The first-order valence-corrected chi connectivity index (χ1v) is 7.97. The molecule has 2 unspecified atom stereocenters. The molecule has 1 aliphatic heterocycles. The molecule has 0 aromatic heterocycles. The Kier molecular flexibility index (Phi) is 5.65. The summed E-state index contributed by atoms with van der Waals surface area (Å²) >= 11 is 0. The van der Waals surface area contributed by atoms with Gasteiger partial charge in [0.15, 0.2) is 0 Å². The Balaban J connectivity index is 0.00000192. The van der Waals surface area contributed by atoms with E-state index in [9.17, 15) is 9.18 Å². The van der Waals surface area contributed by atoms with E-state index < -0.39 is 5.54 Å². The second-order valence-electron chi connectivity index (χ2n) is 6.56. The summed E-state index contributed by atoms with van der Waals surface area (Å²) in [5, 5.41) is 0. The van der Waals surface area contributed by atoms with Gasteiger partial charge in [-0.3, -0.25) is 4.79 Å². The lowest BCUT2D eigenvalue weighted by molar-refractivity contribution is -0.150. The number of nitrogens with zero attached hydrogens (tertiary/aromatic N) is 1. The second-order valence-corrected chi connectivity index (χ2v) is 6.56. The lowest BCUT2D eigenvalue weighted by atomic mass is 9.95. The fourth-order valence-corrected chi connectivity index (χ4v) is 3.51. The van der Waals surface area contributed by atoms with Crippen LogP contribution in [0.15, 0.2) is 24.3 Å². The van der Waals surface area contributed by atoms with Gasteiger partial charge in [0, 0.05) is 6.54 Å². The highest BCUT2D eigenvalue weighted by atomic mass is 35.5. The van der Waals surface area contributed by atoms with Crippen molar-refractivity contribution in [1.82, 2.24) is 4.90 Å². The van der Waals surface area contributed by atoms with Crippen molar-refractivity contribution in [3.63, 3.8) is 0 Å². The zero-order chi connectivity index (χ0) is 15.7. The molecule has 1 heterocycles. The average molecular weight is 343 g/mol. The first-order valence-electron chi connectivity index (χ1n) is 7.97. The van der Waals surface area contributed by atoms with Gasteiger partial charge in [0.05, 0.1) is 18.2 Å². The minimum absolute atomic E-state index is 0. The second kappa shape index (κ2) is 7.16. The zero-order valence-corrected chi connectivity index (χ0v) is 14.2. The van der Waals surface area contributed by atoms with Gasteiger partial charge in [-0.05, 0) is 37.5 Å². The minimum Gasteiger partial charge on any atom is -0.367 e. The van der Waals surface area contributed by atoms with Crippen LogP contribution in [0.5, 0.6) is 0 Å². The fourth-order valence-electron chi connectivity index (χ4n) is 3.51. The summed E-state index contributed by atoms with van der Waals surface area (Å²) in [6.07, 6.45) is 3.28. The molecule has 0 bridgehead atoms. The molecular weight excluding hydrogens is 319 g/mol. The Morgan fingerprint density at radius 2 is 1.87 bits per heavy atom. The number of carbonyl (C=O) groups is 1. The summed E-state index contributed by atoms with van der Waals surface area (Å²) in [7, 11) is 0. The van der Waals surface area contributed by atoms with Crippen molar-refractivity contribution in [2.45, 2.75) is 50.4 Å². The predicted molar refractivity (Wildman–Crippen MR) is 88.9 cm³/mol. The van der Waals surface area contributed by atoms with Gasteiger partial charge in [-0.15, -0.1) is 12.4 Å². The molecule has 23 heavy (non-hydrogen) atoms. The minimum atomic E-state index is -0.704. The number of benzene rings is 1.